The lowest BCUT2D eigenvalue weighted by atomic mass is 10.2. The third-order valence-electron chi connectivity index (χ3n) is 2.96. The van der Waals surface area contributed by atoms with Crippen LogP contribution in [0.4, 0.5) is 23.0 Å². The Morgan fingerprint density at radius 1 is 1.36 bits per heavy atom. The highest BCUT2D eigenvalue weighted by Gasteiger charge is 2.12. The number of nitrogens with two attached hydrogens (primary N) is 1. The molecule has 0 amide bonds. The second-order valence-electron chi connectivity index (χ2n) is 4.40. The first-order chi connectivity index (χ1) is 10.6. The second-order valence-corrected chi connectivity index (χ2v) is 4.40. The van der Waals surface area contributed by atoms with Gasteiger partial charge in [0, 0.05) is 23.9 Å². The molecule has 9 heteroatoms. The molecule has 3 rings (SSSR count). The number of fused-ring (bicyclic) bond motifs is 1. The number of nitriles is 1. The number of non-ortho nitro benzene ring substituents is 1. The van der Waals surface area contributed by atoms with Crippen LogP contribution in [0.25, 0.3) is 5.65 Å². The van der Waals surface area contributed by atoms with Crippen LogP contribution in [0.3, 0.4) is 0 Å². The van der Waals surface area contributed by atoms with Gasteiger partial charge < -0.3 is 11.1 Å². The van der Waals surface area contributed by atoms with Gasteiger partial charge in [-0.1, -0.05) is 0 Å². The molecule has 0 saturated carbocycles. The number of nitrogens with one attached hydrogen (secondary N) is 1. The van der Waals surface area contributed by atoms with Crippen LogP contribution < -0.4 is 11.1 Å². The second kappa shape index (κ2) is 5.02. The monoisotopic (exact) mass is 295 g/mol. The number of hydrogen-bond acceptors (Lipinski definition) is 7. The molecule has 0 aliphatic rings. The summed E-state index contributed by atoms with van der Waals surface area (Å²) in [5.41, 5.74) is 6.95. The highest BCUT2D eigenvalue weighted by Crippen LogP contribution is 2.23. The Kier molecular flexibility index (Phi) is 3.04. The smallest absolute Gasteiger partial charge is 0.269 e. The molecule has 0 aliphatic heterocycles. The van der Waals surface area contributed by atoms with Crippen molar-refractivity contribution in [2.75, 3.05) is 11.1 Å². The van der Waals surface area contributed by atoms with E-state index in [1.54, 1.807) is 18.2 Å². The average molecular weight is 295 g/mol. The van der Waals surface area contributed by atoms with Gasteiger partial charge in [-0.3, -0.25) is 10.1 Å². The zero-order chi connectivity index (χ0) is 15.7. The fourth-order valence-corrected chi connectivity index (χ4v) is 1.96. The van der Waals surface area contributed by atoms with Gasteiger partial charge in [-0.25, -0.2) is 4.98 Å². The Hall–Kier alpha value is -3.67. The van der Waals surface area contributed by atoms with Crippen LogP contribution in [0.15, 0.2) is 36.5 Å². The third kappa shape index (κ3) is 2.25. The Bertz CT molecular complexity index is 909. The van der Waals surface area contributed by atoms with Crippen LogP contribution >= 0.6 is 0 Å². The molecule has 0 atom stereocenters. The van der Waals surface area contributed by atoms with Crippen LogP contribution in [0, 0.1) is 21.4 Å². The average Bonchev–Trinajstić information content (AvgIpc) is 2.89. The van der Waals surface area contributed by atoms with Gasteiger partial charge in [-0.05, 0) is 12.1 Å². The maximum Gasteiger partial charge on any atom is 0.269 e. The standard InChI is InChI=1S/C13H9N7O2/c14-6-8-7-16-12-5-11(15)18-19(12)13(8)17-9-1-3-10(4-2-9)20(21)22/h1-5,7,17H,(H2,15,18). The van der Waals surface area contributed by atoms with E-state index >= 15 is 0 Å². The first-order valence-corrected chi connectivity index (χ1v) is 6.14. The summed E-state index contributed by atoms with van der Waals surface area (Å²) in [6.45, 7) is 0. The summed E-state index contributed by atoms with van der Waals surface area (Å²) in [5, 5.41) is 26.9. The quantitative estimate of drug-likeness (QED) is 0.555. The predicted molar refractivity (Wildman–Crippen MR) is 78.5 cm³/mol. The van der Waals surface area contributed by atoms with Crippen molar-refractivity contribution in [2.24, 2.45) is 0 Å². The van der Waals surface area contributed by atoms with Crippen molar-refractivity contribution >= 4 is 28.7 Å². The Labute approximate surface area is 123 Å². The van der Waals surface area contributed by atoms with E-state index in [0.29, 0.717) is 17.2 Å². The molecule has 0 radical (unpaired) electrons. The topological polar surface area (TPSA) is 135 Å². The Morgan fingerprint density at radius 3 is 2.73 bits per heavy atom. The van der Waals surface area contributed by atoms with Gasteiger partial charge in [0.2, 0.25) is 0 Å². The van der Waals surface area contributed by atoms with Crippen molar-refractivity contribution in [3.63, 3.8) is 0 Å². The molecule has 2 aromatic heterocycles. The molecule has 0 saturated heterocycles. The van der Waals surface area contributed by atoms with E-state index in [2.05, 4.69) is 15.4 Å². The van der Waals surface area contributed by atoms with Crippen molar-refractivity contribution in [2.45, 2.75) is 0 Å². The number of nitrogens with zero attached hydrogens (tertiary/aromatic N) is 5. The van der Waals surface area contributed by atoms with E-state index in [1.165, 1.54) is 22.8 Å². The summed E-state index contributed by atoms with van der Waals surface area (Å²) < 4.78 is 1.41. The largest absolute Gasteiger partial charge is 0.382 e. The third-order valence-corrected chi connectivity index (χ3v) is 2.96. The van der Waals surface area contributed by atoms with E-state index in [9.17, 15) is 15.4 Å². The Morgan fingerprint density at radius 2 is 2.09 bits per heavy atom. The Balaban J connectivity index is 2.05. The van der Waals surface area contributed by atoms with Crippen molar-refractivity contribution in [3.05, 3.63) is 52.2 Å². The van der Waals surface area contributed by atoms with Crippen LogP contribution in [-0.4, -0.2) is 19.5 Å². The number of benzene rings is 1. The molecule has 1 aromatic carbocycles. The van der Waals surface area contributed by atoms with Crippen LogP contribution in [0.2, 0.25) is 0 Å². The predicted octanol–water partition coefficient (Wildman–Crippen LogP) is 1.83. The normalized spacial score (nSPS) is 10.3. The molecule has 3 N–H and O–H groups in total. The number of rotatable bonds is 3. The summed E-state index contributed by atoms with van der Waals surface area (Å²) in [6.07, 6.45) is 1.41. The number of anilines is 3. The summed E-state index contributed by atoms with van der Waals surface area (Å²) >= 11 is 0. The van der Waals surface area contributed by atoms with Gasteiger partial charge in [0.1, 0.15) is 17.5 Å². The van der Waals surface area contributed by atoms with Crippen molar-refractivity contribution < 1.29 is 4.92 Å². The molecule has 0 unspecified atom stereocenters. The van der Waals surface area contributed by atoms with Crippen molar-refractivity contribution in [3.8, 4) is 6.07 Å². The van der Waals surface area contributed by atoms with Gasteiger partial charge in [-0.15, -0.1) is 5.10 Å². The van der Waals surface area contributed by atoms with E-state index < -0.39 is 4.92 Å². The molecular formula is C13H9N7O2. The highest BCUT2D eigenvalue weighted by atomic mass is 16.6. The van der Waals surface area contributed by atoms with Crippen molar-refractivity contribution in [1.29, 1.82) is 5.26 Å². The maximum atomic E-state index is 10.7. The molecule has 0 fully saturated rings. The fourth-order valence-electron chi connectivity index (χ4n) is 1.96. The SMILES string of the molecule is N#Cc1cnc2cc(N)nn2c1Nc1ccc([N+](=O)[O-])cc1. The zero-order valence-corrected chi connectivity index (χ0v) is 11.1. The minimum absolute atomic E-state index is 0.0192. The molecule has 0 aliphatic carbocycles. The lowest BCUT2D eigenvalue weighted by Gasteiger charge is -2.09. The van der Waals surface area contributed by atoms with Gasteiger partial charge in [0.05, 0.1) is 11.1 Å². The number of nitrogen functional groups attached to an aromatic ring is 1. The first-order valence-electron chi connectivity index (χ1n) is 6.14. The minimum Gasteiger partial charge on any atom is -0.382 e. The van der Waals surface area contributed by atoms with Gasteiger partial charge in [0.15, 0.2) is 11.5 Å². The summed E-state index contributed by atoms with van der Waals surface area (Å²) in [5.74, 6) is 0.660. The number of aromatic nitrogens is 3. The highest BCUT2D eigenvalue weighted by molar-refractivity contribution is 5.67. The molecule has 9 nitrogen and oxygen atoms in total. The lowest BCUT2D eigenvalue weighted by molar-refractivity contribution is -0.384. The van der Waals surface area contributed by atoms with Crippen LogP contribution in [0.5, 0.6) is 0 Å². The fraction of sp³-hybridized carbons (Fsp3) is 0. The molecule has 0 spiro atoms. The molecule has 2 heterocycles. The molecule has 3 aromatic rings. The molecule has 0 bridgehead atoms. The van der Waals surface area contributed by atoms with Crippen LogP contribution in [0.1, 0.15) is 5.56 Å². The minimum atomic E-state index is -0.483. The summed E-state index contributed by atoms with van der Waals surface area (Å²) in [7, 11) is 0. The van der Waals surface area contributed by atoms with E-state index in [1.807, 2.05) is 6.07 Å². The van der Waals surface area contributed by atoms with E-state index in [4.69, 9.17) is 5.73 Å². The van der Waals surface area contributed by atoms with Crippen molar-refractivity contribution in [1.82, 2.24) is 14.6 Å². The van der Waals surface area contributed by atoms with Gasteiger partial charge in [0.25, 0.3) is 5.69 Å². The summed E-state index contributed by atoms with van der Waals surface area (Å²) in [4.78, 5) is 14.3. The van der Waals surface area contributed by atoms with E-state index in [0.717, 1.165) is 0 Å². The van der Waals surface area contributed by atoms with Gasteiger partial charge in [-0.2, -0.15) is 9.78 Å². The molecular weight excluding hydrogens is 286 g/mol. The first kappa shape index (κ1) is 13.3. The zero-order valence-electron chi connectivity index (χ0n) is 11.1. The number of hydrogen-bond donors (Lipinski definition) is 2. The molecule has 22 heavy (non-hydrogen) atoms. The van der Waals surface area contributed by atoms with Gasteiger partial charge >= 0.3 is 0 Å². The van der Waals surface area contributed by atoms with Crippen LogP contribution in [-0.2, 0) is 0 Å². The lowest BCUT2D eigenvalue weighted by Crippen LogP contribution is -2.04. The van der Waals surface area contributed by atoms with E-state index in [-0.39, 0.29) is 17.1 Å². The molecule has 108 valence electrons. The number of nitro benzene ring substituents is 1. The maximum absolute atomic E-state index is 10.7. The summed E-state index contributed by atoms with van der Waals surface area (Å²) in [6, 6.07) is 9.39. The number of nitro groups is 1.